The lowest BCUT2D eigenvalue weighted by Crippen LogP contribution is -1.96. The van der Waals surface area contributed by atoms with Crippen LogP contribution in [0.3, 0.4) is 0 Å². The Hall–Kier alpha value is -2.34. The highest BCUT2D eigenvalue weighted by molar-refractivity contribution is 7.19. The molecule has 0 atom stereocenters. The number of methoxy groups -OCH3 is 1. The van der Waals surface area contributed by atoms with E-state index < -0.39 is 5.97 Å². The number of nitrogens with zero attached hydrogens (tertiary/aromatic N) is 2. The van der Waals surface area contributed by atoms with E-state index >= 15 is 0 Å². The molecule has 0 aliphatic carbocycles. The van der Waals surface area contributed by atoms with Gasteiger partial charge < -0.3 is 9.84 Å². The van der Waals surface area contributed by atoms with Crippen molar-refractivity contribution < 1.29 is 14.6 Å². The smallest absolute Gasteiger partial charge is 0.347 e. The van der Waals surface area contributed by atoms with Crippen molar-refractivity contribution in [3.8, 4) is 17.0 Å². The molecule has 0 unspecified atom stereocenters. The quantitative estimate of drug-likeness (QED) is 0.805. The molecule has 0 fully saturated rings. The summed E-state index contributed by atoms with van der Waals surface area (Å²) in [4.78, 5) is 16.7. The first-order valence-electron chi connectivity index (χ1n) is 6.38. The highest BCUT2D eigenvalue weighted by Gasteiger charge is 2.18. The Morgan fingerprint density at radius 2 is 2.14 bits per heavy atom. The molecule has 1 N–H and O–H groups in total. The standard InChI is InChI=1S/C15H14N2O3S/c1-8-4-5-12(20-3)10(6-8)11-7-17-9(2)13(14(18)19)21-15(17)16-11/h4-7H,1-3H3,(H,18,19). The number of hydrogen-bond donors (Lipinski definition) is 1. The van der Waals surface area contributed by atoms with Gasteiger partial charge in [-0.15, -0.1) is 0 Å². The van der Waals surface area contributed by atoms with E-state index in [0.717, 1.165) is 22.6 Å². The zero-order valence-corrected chi connectivity index (χ0v) is 12.7. The van der Waals surface area contributed by atoms with Crippen LogP contribution in [0.4, 0.5) is 0 Å². The second kappa shape index (κ2) is 4.89. The molecule has 2 aromatic heterocycles. The zero-order chi connectivity index (χ0) is 15.1. The number of benzene rings is 1. The van der Waals surface area contributed by atoms with E-state index in [9.17, 15) is 4.79 Å². The number of fused-ring (bicyclic) bond motifs is 1. The van der Waals surface area contributed by atoms with Crippen molar-refractivity contribution in [2.24, 2.45) is 0 Å². The van der Waals surface area contributed by atoms with Crippen LogP contribution in [0.2, 0.25) is 0 Å². The van der Waals surface area contributed by atoms with E-state index in [1.165, 1.54) is 11.3 Å². The van der Waals surface area contributed by atoms with Crippen molar-refractivity contribution in [2.75, 3.05) is 7.11 Å². The third-order valence-electron chi connectivity index (χ3n) is 3.38. The van der Waals surface area contributed by atoms with Crippen molar-refractivity contribution in [1.29, 1.82) is 0 Å². The van der Waals surface area contributed by atoms with Crippen molar-refractivity contribution in [3.63, 3.8) is 0 Å². The third kappa shape index (κ3) is 2.17. The first-order valence-corrected chi connectivity index (χ1v) is 7.19. The van der Waals surface area contributed by atoms with E-state index in [-0.39, 0.29) is 0 Å². The normalized spacial score (nSPS) is 11.0. The van der Waals surface area contributed by atoms with E-state index in [4.69, 9.17) is 9.84 Å². The van der Waals surface area contributed by atoms with Gasteiger partial charge in [-0.3, -0.25) is 4.40 Å². The molecule has 0 aliphatic rings. The Bertz CT molecular complexity index is 848. The van der Waals surface area contributed by atoms with Crippen LogP contribution in [0.1, 0.15) is 20.9 Å². The summed E-state index contributed by atoms with van der Waals surface area (Å²) in [5, 5.41) is 9.14. The predicted molar refractivity (Wildman–Crippen MR) is 81.5 cm³/mol. The number of aromatic nitrogens is 2. The summed E-state index contributed by atoms with van der Waals surface area (Å²) >= 11 is 1.18. The number of ether oxygens (including phenoxy) is 1. The van der Waals surface area contributed by atoms with Gasteiger partial charge >= 0.3 is 5.97 Å². The van der Waals surface area contributed by atoms with Crippen molar-refractivity contribution in [3.05, 3.63) is 40.5 Å². The summed E-state index contributed by atoms with van der Waals surface area (Å²) in [6, 6.07) is 5.90. The Morgan fingerprint density at radius 3 is 2.76 bits per heavy atom. The maximum absolute atomic E-state index is 11.1. The zero-order valence-electron chi connectivity index (χ0n) is 11.9. The number of carbonyl (C=O) groups is 1. The van der Waals surface area contributed by atoms with Crippen LogP contribution in [-0.2, 0) is 0 Å². The molecular formula is C15H14N2O3S. The molecule has 1 aromatic carbocycles. The van der Waals surface area contributed by atoms with E-state index in [0.29, 0.717) is 15.5 Å². The third-order valence-corrected chi connectivity index (χ3v) is 4.53. The van der Waals surface area contributed by atoms with Crippen LogP contribution in [0.5, 0.6) is 5.75 Å². The number of thiazole rings is 1. The number of aryl methyl sites for hydroxylation is 2. The molecule has 0 aliphatic heterocycles. The average Bonchev–Trinajstić information content (AvgIpc) is 2.99. The lowest BCUT2D eigenvalue weighted by molar-refractivity contribution is 0.0701. The molecule has 3 rings (SSSR count). The molecule has 6 heteroatoms. The Balaban J connectivity index is 2.18. The Kier molecular flexibility index (Phi) is 3.17. The van der Waals surface area contributed by atoms with Crippen molar-refractivity contribution >= 4 is 22.3 Å². The van der Waals surface area contributed by atoms with Gasteiger partial charge in [0.15, 0.2) is 4.96 Å². The van der Waals surface area contributed by atoms with Crippen LogP contribution in [0, 0.1) is 13.8 Å². The van der Waals surface area contributed by atoms with Gasteiger partial charge in [0, 0.05) is 17.5 Å². The maximum atomic E-state index is 11.1. The van der Waals surface area contributed by atoms with Crippen LogP contribution in [-0.4, -0.2) is 27.6 Å². The topological polar surface area (TPSA) is 63.8 Å². The predicted octanol–water partition coefficient (Wildman–Crippen LogP) is 3.39. The molecule has 2 heterocycles. The monoisotopic (exact) mass is 302 g/mol. The number of aromatic carboxylic acids is 1. The molecule has 0 spiro atoms. The number of hydrogen-bond acceptors (Lipinski definition) is 4. The van der Waals surface area contributed by atoms with E-state index in [1.807, 2.05) is 35.7 Å². The summed E-state index contributed by atoms with van der Waals surface area (Å²) in [6.45, 7) is 3.79. The number of carboxylic acids is 1. The van der Waals surface area contributed by atoms with Crippen molar-refractivity contribution in [2.45, 2.75) is 13.8 Å². The lowest BCUT2D eigenvalue weighted by Gasteiger charge is -2.06. The van der Waals surface area contributed by atoms with Crippen molar-refractivity contribution in [1.82, 2.24) is 9.38 Å². The van der Waals surface area contributed by atoms with Gasteiger partial charge in [-0.05, 0) is 26.0 Å². The SMILES string of the molecule is COc1ccc(C)cc1-c1cn2c(C)c(C(=O)O)sc2n1. The van der Waals surface area contributed by atoms with E-state index in [2.05, 4.69) is 4.98 Å². The fourth-order valence-electron chi connectivity index (χ4n) is 2.30. The van der Waals surface area contributed by atoms with Gasteiger partial charge in [0.25, 0.3) is 0 Å². The first kappa shape index (κ1) is 13.6. The maximum Gasteiger partial charge on any atom is 0.347 e. The molecule has 0 radical (unpaired) electrons. The lowest BCUT2D eigenvalue weighted by atomic mass is 10.1. The summed E-state index contributed by atoms with van der Waals surface area (Å²) in [7, 11) is 1.63. The minimum Gasteiger partial charge on any atom is -0.496 e. The van der Waals surface area contributed by atoms with Gasteiger partial charge in [0.1, 0.15) is 10.6 Å². The highest BCUT2D eigenvalue weighted by atomic mass is 32.1. The second-order valence-electron chi connectivity index (χ2n) is 4.80. The molecule has 108 valence electrons. The second-order valence-corrected chi connectivity index (χ2v) is 5.78. The van der Waals surface area contributed by atoms with Crippen LogP contribution in [0.25, 0.3) is 16.2 Å². The molecule has 5 nitrogen and oxygen atoms in total. The van der Waals surface area contributed by atoms with Gasteiger partial charge in [-0.1, -0.05) is 23.0 Å². The summed E-state index contributed by atoms with van der Waals surface area (Å²) in [5.74, 6) is -0.167. The van der Waals surface area contributed by atoms with Crippen LogP contribution >= 0.6 is 11.3 Å². The first-order chi connectivity index (χ1) is 10.0. The minimum atomic E-state index is -0.919. The Morgan fingerprint density at radius 1 is 1.38 bits per heavy atom. The summed E-state index contributed by atoms with van der Waals surface area (Å²) < 4.78 is 7.19. The molecule has 21 heavy (non-hydrogen) atoms. The van der Waals surface area contributed by atoms with Crippen LogP contribution < -0.4 is 4.74 Å². The fourth-order valence-corrected chi connectivity index (χ4v) is 3.25. The highest BCUT2D eigenvalue weighted by Crippen LogP contribution is 2.32. The summed E-state index contributed by atoms with van der Waals surface area (Å²) in [6.07, 6.45) is 1.85. The number of carboxylic acid groups (broad SMARTS) is 1. The largest absolute Gasteiger partial charge is 0.496 e. The molecule has 0 bridgehead atoms. The molecule has 0 amide bonds. The number of rotatable bonds is 3. The average molecular weight is 302 g/mol. The number of imidazole rings is 1. The van der Waals surface area contributed by atoms with Gasteiger partial charge in [0.05, 0.1) is 12.8 Å². The fraction of sp³-hybridized carbons (Fsp3) is 0.200. The van der Waals surface area contributed by atoms with Gasteiger partial charge in [-0.25, -0.2) is 9.78 Å². The molecule has 0 saturated carbocycles. The molecule has 0 saturated heterocycles. The Labute approximate surface area is 125 Å². The molecule has 3 aromatic rings. The van der Waals surface area contributed by atoms with Gasteiger partial charge in [-0.2, -0.15) is 0 Å². The minimum absolute atomic E-state index is 0.320. The molecular weight excluding hydrogens is 288 g/mol. The summed E-state index contributed by atoms with van der Waals surface area (Å²) in [5.41, 5.74) is 3.49. The van der Waals surface area contributed by atoms with Gasteiger partial charge in [0.2, 0.25) is 0 Å². The van der Waals surface area contributed by atoms with Crippen LogP contribution in [0.15, 0.2) is 24.4 Å². The van der Waals surface area contributed by atoms with E-state index in [1.54, 1.807) is 14.0 Å².